The monoisotopic (exact) mass is 238 g/mol. The summed E-state index contributed by atoms with van der Waals surface area (Å²) < 4.78 is 1.82. The minimum Gasteiger partial charge on any atom is -0.396 e. The van der Waals surface area contributed by atoms with Gasteiger partial charge in [0.15, 0.2) is 0 Å². The molecule has 0 unspecified atom stereocenters. The number of nitrogens with zero attached hydrogens (tertiary/aromatic N) is 4. The molecule has 2 heterocycles. The zero-order chi connectivity index (χ0) is 11.5. The largest absolute Gasteiger partial charge is 0.396 e. The molecule has 0 saturated carbocycles. The lowest BCUT2D eigenvalue weighted by molar-refractivity contribution is 0.145. The predicted octanol–water partition coefficient (Wildman–Crippen LogP) is 2.25. The van der Waals surface area contributed by atoms with E-state index in [0.717, 1.165) is 27.7 Å². The Labute approximate surface area is 97.8 Å². The van der Waals surface area contributed by atoms with Crippen LogP contribution in [-0.2, 0) is 4.84 Å². The van der Waals surface area contributed by atoms with Crippen molar-refractivity contribution >= 4 is 22.0 Å². The van der Waals surface area contributed by atoms with Gasteiger partial charge >= 0.3 is 0 Å². The Kier molecular flexibility index (Phi) is 3.19. The van der Waals surface area contributed by atoms with Crippen molar-refractivity contribution in [3.05, 3.63) is 16.9 Å². The van der Waals surface area contributed by atoms with Gasteiger partial charge in [0.25, 0.3) is 0 Å². The first-order valence-electron chi connectivity index (χ1n) is 5.20. The Morgan fingerprint density at radius 2 is 2.44 bits per heavy atom. The molecule has 86 valence electrons. The highest BCUT2D eigenvalue weighted by molar-refractivity contribution is 7.19. The van der Waals surface area contributed by atoms with Gasteiger partial charge in [-0.3, -0.25) is 0 Å². The summed E-state index contributed by atoms with van der Waals surface area (Å²) in [4.78, 5) is 11.3. The summed E-state index contributed by atoms with van der Waals surface area (Å²) >= 11 is 1.58. The molecule has 0 radical (unpaired) electrons. The molecule has 0 fully saturated rings. The third kappa shape index (κ3) is 1.92. The Morgan fingerprint density at radius 1 is 1.62 bits per heavy atom. The van der Waals surface area contributed by atoms with E-state index in [4.69, 9.17) is 4.84 Å². The van der Waals surface area contributed by atoms with E-state index in [0.29, 0.717) is 6.61 Å². The normalized spacial score (nSPS) is 12.3. The second kappa shape index (κ2) is 4.61. The van der Waals surface area contributed by atoms with Crippen molar-refractivity contribution < 1.29 is 4.84 Å². The number of hydrogen-bond donors (Lipinski definition) is 0. The molecule has 0 saturated heterocycles. The molecule has 2 aromatic rings. The quantitative estimate of drug-likeness (QED) is 0.466. The standard InChI is InChI=1S/C10H14N4OS/c1-4-5-15-13-7(2)9-8(3)14-10(16-9)11-6-12-14/h6H,4-5H2,1-3H3. The predicted molar refractivity (Wildman–Crippen MR) is 64.1 cm³/mol. The van der Waals surface area contributed by atoms with Crippen LogP contribution in [0.25, 0.3) is 4.96 Å². The lowest BCUT2D eigenvalue weighted by Crippen LogP contribution is -1.98. The van der Waals surface area contributed by atoms with Gasteiger partial charge < -0.3 is 4.84 Å². The first-order chi connectivity index (χ1) is 7.74. The van der Waals surface area contributed by atoms with Gasteiger partial charge in [-0.1, -0.05) is 23.4 Å². The molecule has 0 aliphatic rings. The molecule has 0 atom stereocenters. The van der Waals surface area contributed by atoms with Gasteiger partial charge in [0.05, 0.1) is 16.3 Å². The Morgan fingerprint density at radius 3 is 3.12 bits per heavy atom. The van der Waals surface area contributed by atoms with Crippen LogP contribution in [0, 0.1) is 6.92 Å². The SMILES string of the molecule is CCCON=C(C)c1sc2ncnn2c1C. The second-order valence-corrected chi connectivity index (χ2v) is 4.46. The molecule has 16 heavy (non-hydrogen) atoms. The van der Waals surface area contributed by atoms with E-state index in [9.17, 15) is 0 Å². The Bertz CT molecular complexity index is 514. The Hall–Kier alpha value is -1.43. The summed E-state index contributed by atoms with van der Waals surface area (Å²) in [6.07, 6.45) is 2.52. The minimum absolute atomic E-state index is 0.650. The molecule has 2 aromatic heterocycles. The summed E-state index contributed by atoms with van der Waals surface area (Å²) in [5, 5.41) is 8.22. The topological polar surface area (TPSA) is 51.8 Å². The van der Waals surface area contributed by atoms with Crippen LogP contribution < -0.4 is 0 Å². The highest BCUT2D eigenvalue weighted by atomic mass is 32.1. The fraction of sp³-hybridized carbons (Fsp3) is 0.500. The number of aryl methyl sites for hydroxylation is 1. The Balaban J connectivity index is 2.28. The first-order valence-corrected chi connectivity index (χ1v) is 6.01. The fourth-order valence-electron chi connectivity index (χ4n) is 1.40. The van der Waals surface area contributed by atoms with Crippen LogP contribution in [-0.4, -0.2) is 26.9 Å². The third-order valence-electron chi connectivity index (χ3n) is 2.18. The maximum atomic E-state index is 5.17. The van der Waals surface area contributed by atoms with Crippen molar-refractivity contribution in [3.63, 3.8) is 0 Å². The molecule has 2 rings (SSSR count). The molecule has 0 bridgehead atoms. The summed E-state index contributed by atoms with van der Waals surface area (Å²) in [7, 11) is 0. The summed E-state index contributed by atoms with van der Waals surface area (Å²) in [5.74, 6) is 0. The van der Waals surface area contributed by atoms with E-state index in [1.807, 2.05) is 18.4 Å². The first kappa shape index (κ1) is 11.1. The van der Waals surface area contributed by atoms with Crippen LogP contribution in [0.2, 0.25) is 0 Å². The van der Waals surface area contributed by atoms with E-state index in [1.54, 1.807) is 17.7 Å². The van der Waals surface area contributed by atoms with E-state index in [-0.39, 0.29) is 0 Å². The van der Waals surface area contributed by atoms with Gasteiger partial charge in [-0.25, -0.2) is 9.50 Å². The van der Waals surface area contributed by atoms with Crippen molar-refractivity contribution in [1.29, 1.82) is 0 Å². The van der Waals surface area contributed by atoms with Crippen LogP contribution in [0.4, 0.5) is 0 Å². The lowest BCUT2D eigenvalue weighted by atomic mass is 10.3. The van der Waals surface area contributed by atoms with Crippen LogP contribution in [0.3, 0.4) is 0 Å². The second-order valence-electron chi connectivity index (χ2n) is 3.48. The minimum atomic E-state index is 0.650. The molecule has 0 spiro atoms. The smallest absolute Gasteiger partial charge is 0.212 e. The summed E-state index contributed by atoms with van der Waals surface area (Å²) in [6.45, 7) is 6.65. The average molecular weight is 238 g/mol. The van der Waals surface area contributed by atoms with E-state index in [1.165, 1.54) is 0 Å². The van der Waals surface area contributed by atoms with Crippen LogP contribution in [0.5, 0.6) is 0 Å². The molecule has 0 aliphatic carbocycles. The number of oxime groups is 1. The van der Waals surface area contributed by atoms with Crippen LogP contribution >= 0.6 is 11.3 Å². The highest BCUT2D eigenvalue weighted by Crippen LogP contribution is 2.21. The number of hydrogen-bond acceptors (Lipinski definition) is 5. The average Bonchev–Trinajstić information content (AvgIpc) is 2.82. The highest BCUT2D eigenvalue weighted by Gasteiger charge is 2.12. The zero-order valence-corrected chi connectivity index (χ0v) is 10.4. The molecule has 0 N–H and O–H groups in total. The van der Waals surface area contributed by atoms with Gasteiger partial charge in [-0.05, 0) is 20.3 Å². The maximum Gasteiger partial charge on any atom is 0.212 e. The molecule has 6 heteroatoms. The van der Waals surface area contributed by atoms with Crippen molar-refractivity contribution in [2.75, 3.05) is 6.61 Å². The van der Waals surface area contributed by atoms with E-state index >= 15 is 0 Å². The van der Waals surface area contributed by atoms with Crippen molar-refractivity contribution in [2.24, 2.45) is 5.16 Å². The van der Waals surface area contributed by atoms with Gasteiger partial charge in [0, 0.05) is 0 Å². The van der Waals surface area contributed by atoms with Gasteiger partial charge in [0.1, 0.15) is 12.9 Å². The van der Waals surface area contributed by atoms with Gasteiger partial charge in [-0.15, -0.1) is 0 Å². The number of rotatable bonds is 4. The maximum absolute atomic E-state index is 5.17. The molecule has 0 aliphatic heterocycles. The molecule has 0 amide bonds. The number of thiazole rings is 1. The van der Waals surface area contributed by atoms with E-state index in [2.05, 4.69) is 22.2 Å². The van der Waals surface area contributed by atoms with Crippen LogP contribution in [0.1, 0.15) is 30.8 Å². The third-order valence-corrected chi connectivity index (χ3v) is 3.44. The van der Waals surface area contributed by atoms with Gasteiger partial charge in [-0.2, -0.15) is 5.10 Å². The number of aromatic nitrogens is 3. The summed E-state index contributed by atoms with van der Waals surface area (Å²) in [6, 6.07) is 0. The molecular weight excluding hydrogens is 224 g/mol. The van der Waals surface area contributed by atoms with Crippen molar-refractivity contribution in [2.45, 2.75) is 27.2 Å². The van der Waals surface area contributed by atoms with E-state index < -0.39 is 0 Å². The van der Waals surface area contributed by atoms with Gasteiger partial charge in [0.2, 0.25) is 4.96 Å². The zero-order valence-electron chi connectivity index (χ0n) is 9.60. The molecular formula is C10H14N4OS. The summed E-state index contributed by atoms with van der Waals surface area (Å²) in [5.41, 5.74) is 1.93. The fourth-order valence-corrected chi connectivity index (χ4v) is 2.37. The van der Waals surface area contributed by atoms with Crippen LogP contribution in [0.15, 0.2) is 11.5 Å². The molecule has 0 aromatic carbocycles. The lowest BCUT2D eigenvalue weighted by Gasteiger charge is -1.99. The van der Waals surface area contributed by atoms with Crippen molar-refractivity contribution in [1.82, 2.24) is 14.6 Å². The number of fused-ring (bicyclic) bond motifs is 1. The van der Waals surface area contributed by atoms with Crippen molar-refractivity contribution in [3.8, 4) is 0 Å². The molecule has 5 nitrogen and oxygen atoms in total.